The van der Waals surface area contributed by atoms with Crippen molar-refractivity contribution in [3.63, 3.8) is 0 Å². The van der Waals surface area contributed by atoms with Crippen LogP contribution in [0.2, 0.25) is 0 Å². The van der Waals surface area contributed by atoms with Crippen LogP contribution in [0.5, 0.6) is 5.75 Å². The summed E-state index contributed by atoms with van der Waals surface area (Å²) in [5, 5.41) is 1.51. The fraction of sp³-hybridized carbons (Fsp3) is 0.200. The highest BCUT2D eigenvalue weighted by Gasteiger charge is 2.25. The average Bonchev–Trinajstić information content (AvgIpc) is 3.13. The van der Waals surface area contributed by atoms with Crippen molar-refractivity contribution in [1.82, 2.24) is 0 Å². The summed E-state index contributed by atoms with van der Waals surface area (Å²) in [6, 6.07) is 8.33. The molecule has 0 atom stereocenters. The third-order valence-electron chi connectivity index (χ3n) is 3.34. The normalized spacial score (nSPS) is 15.3. The zero-order chi connectivity index (χ0) is 13.0. The van der Waals surface area contributed by atoms with Crippen molar-refractivity contribution in [2.75, 3.05) is 0 Å². The lowest BCUT2D eigenvalue weighted by molar-refractivity contribution is 0.289. The van der Waals surface area contributed by atoms with Gasteiger partial charge in [-0.05, 0) is 31.0 Å². The van der Waals surface area contributed by atoms with E-state index in [4.69, 9.17) is 4.74 Å². The molecule has 0 spiro atoms. The smallest absolute Gasteiger partial charge is 0.182 e. The Labute approximate surface area is 112 Å². The predicted molar refractivity (Wildman–Crippen MR) is 72.9 cm³/mol. The van der Waals surface area contributed by atoms with Crippen LogP contribution in [-0.4, -0.2) is 6.10 Å². The molecule has 0 bridgehead atoms. The molecule has 19 heavy (non-hydrogen) atoms. The minimum absolute atomic E-state index is 0.151. The zero-order valence-electron chi connectivity index (χ0n) is 9.95. The fourth-order valence-electron chi connectivity index (χ4n) is 2.23. The highest BCUT2D eigenvalue weighted by molar-refractivity contribution is 7.25. The van der Waals surface area contributed by atoms with Crippen LogP contribution >= 0.6 is 11.3 Å². The first kappa shape index (κ1) is 11.2. The summed E-state index contributed by atoms with van der Waals surface area (Å²) in [4.78, 5) is 0. The Kier molecular flexibility index (Phi) is 2.30. The minimum atomic E-state index is -0.370. The second-order valence-corrected chi connectivity index (χ2v) is 5.81. The second-order valence-electron chi connectivity index (χ2n) is 4.79. The van der Waals surface area contributed by atoms with Crippen molar-refractivity contribution in [3.8, 4) is 5.75 Å². The Bertz CT molecular complexity index is 790. The van der Waals surface area contributed by atoms with Gasteiger partial charge in [0.2, 0.25) is 0 Å². The lowest BCUT2D eigenvalue weighted by Gasteiger charge is -2.05. The molecule has 0 radical (unpaired) electrons. The van der Waals surface area contributed by atoms with Gasteiger partial charge in [-0.1, -0.05) is 12.1 Å². The van der Waals surface area contributed by atoms with Gasteiger partial charge in [-0.2, -0.15) is 0 Å². The molecule has 1 nitrogen and oxygen atoms in total. The summed E-state index contributed by atoms with van der Waals surface area (Å²) < 4.78 is 34.6. The van der Waals surface area contributed by atoms with Crippen molar-refractivity contribution in [3.05, 3.63) is 42.0 Å². The molecule has 3 aromatic rings. The number of hydrogen-bond donors (Lipinski definition) is 0. The Hall–Kier alpha value is -1.68. The maximum Gasteiger partial charge on any atom is 0.182 e. The van der Waals surface area contributed by atoms with Crippen LogP contribution in [0, 0.1) is 11.6 Å². The molecular formula is C15H10F2OS. The van der Waals surface area contributed by atoms with Crippen LogP contribution in [0.3, 0.4) is 0 Å². The monoisotopic (exact) mass is 276 g/mol. The van der Waals surface area contributed by atoms with Crippen LogP contribution in [-0.2, 0) is 0 Å². The van der Waals surface area contributed by atoms with E-state index in [0.717, 1.165) is 35.0 Å². The summed E-state index contributed by atoms with van der Waals surface area (Å²) >= 11 is 1.15. The van der Waals surface area contributed by atoms with Crippen molar-refractivity contribution < 1.29 is 13.5 Å². The molecule has 0 saturated heterocycles. The van der Waals surface area contributed by atoms with Crippen molar-refractivity contribution in [2.24, 2.45) is 0 Å². The molecule has 0 unspecified atom stereocenters. The highest BCUT2D eigenvalue weighted by atomic mass is 32.1. The van der Waals surface area contributed by atoms with Crippen molar-refractivity contribution in [1.29, 1.82) is 0 Å². The molecule has 1 saturated carbocycles. The van der Waals surface area contributed by atoms with E-state index in [1.54, 1.807) is 12.1 Å². The van der Waals surface area contributed by atoms with E-state index in [1.165, 1.54) is 6.07 Å². The topological polar surface area (TPSA) is 9.23 Å². The molecule has 1 aliphatic rings. The Balaban J connectivity index is 2.00. The molecule has 1 aliphatic carbocycles. The number of hydrogen-bond acceptors (Lipinski definition) is 2. The molecule has 4 heteroatoms. The highest BCUT2D eigenvalue weighted by Crippen LogP contribution is 2.40. The van der Waals surface area contributed by atoms with Crippen LogP contribution in [0.15, 0.2) is 30.3 Å². The second kappa shape index (κ2) is 3.90. The predicted octanol–water partition coefficient (Wildman–Crippen LogP) is 4.87. The van der Waals surface area contributed by atoms with Gasteiger partial charge >= 0.3 is 0 Å². The standard InChI is InChI=1S/C15H10F2OS/c16-11-3-1-2-9-10-6-7-12(18-8-4-5-8)13(17)15(10)19-14(9)11/h1-3,6-8H,4-5H2. The van der Waals surface area contributed by atoms with E-state index in [1.807, 2.05) is 12.1 Å². The van der Waals surface area contributed by atoms with Crippen LogP contribution in [0.1, 0.15) is 12.8 Å². The van der Waals surface area contributed by atoms with Gasteiger partial charge < -0.3 is 4.74 Å². The molecule has 4 rings (SSSR count). The van der Waals surface area contributed by atoms with Crippen molar-refractivity contribution in [2.45, 2.75) is 18.9 Å². The van der Waals surface area contributed by atoms with Gasteiger partial charge in [-0.25, -0.2) is 8.78 Å². The van der Waals surface area contributed by atoms with E-state index in [-0.39, 0.29) is 23.5 Å². The van der Waals surface area contributed by atoms with Gasteiger partial charge in [-0.15, -0.1) is 11.3 Å². The van der Waals surface area contributed by atoms with Gasteiger partial charge in [0, 0.05) is 10.8 Å². The first-order valence-electron chi connectivity index (χ1n) is 6.20. The molecule has 0 N–H and O–H groups in total. The summed E-state index contributed by atoms with van der Waals surface area (Å²) in [7, 11) is 0. The van der Waals surface area contributed by atoms with E-state index in [0.29, 0.717) is 9.40 Å². The maximum absolute atomic E-state index is 14.4. The largest absolute Gasteiger partial charge is 0.487 e. The number of fused-ring (bicyclic) bond motifs is 3. The van der Waals surface area contributed by atoms with E-state index in [9.17, 15) is 8.78 Å². The summed E-state index contributed by atoms with van der Waals surface area (Å²) in [5.74, 6) is -0.394. The summed E-state index contributed by atoms with van der Waals surface area (Å²) in [6.45, 7) is 0. The van der Waals surface area contributed by atoms with E-state index >= 15 is 0 Å². The number of ether oxygens (including phenoxy) is 1. The third-order valence-corrected chi connectivity index (χ3v) is 4.56. The molecule has 0 amide bonds. The molecule has 96 valence electrons. The summed E-state index contributed by atoms with van der Waals surface area (Å²) in [6.07, 6.45) is 2.12. The van der Waals surface area contributed by atoms with Gasteiger partial charge in [-0.3, -0.25) is 0 Å². The van der Waals surface area contributed by atoms with Gasteiger partial charge in [0.1, 0.15) is 5.82 Å². The third kappa shape index (κ3) is 1.70. The van der Waals surface area contributed by atoms with Gasteiger partial charge in [0.25, 0.3) is 0 Å². The number of thiophene rings is 1. The molecule has 1 fully saturated rings. The van der Waals surface area contributed by atoms with E-state index in [2.05, 4.69) is 0 Å². The quantitative estimate of drug-likeness (QED) is 0.648. The fourth-order valence-corrected chi connectivity index (χ4v) is 3.37. The van der Waals surface area contributed by atoms with Crippen LogP contribution < -0.4 is 4.74 Å². The lowest BCUT2D eigenvalue weighted by atomic mass is 10.1. The summed E-state index contributed by atoms with van der Waals surface area (Å²) in [5.41, 5.74) is 0. The molecule has 0 aliphatic heterocycles. The van der Waals surface area contributed by atoms with E-state index < -0.39 is 0 Å². The zero-order valence-corrected chi connectivity index (χ0v) is 10.8. The number of benzene rings is 2. The average molecular weight is 276 g/mol. The molecule has 1 aromatic heterocycles. The van der Waals surface area contributed by atoms with Gasteiger partial charge in [0.05, 0.1) is 15.5 Å². The first-order chi connectivity index (χ1) is 9.24. The van der Waals surface area contributed by atoms with Crippen molar-refractivity contribution >= 4 is 31.5 Å². The van der Waals surface area contributed by atoms with Gasteiger partial charge in [0.15, 0.2) is 11.6 Å². The first-order valence-corrected chi connectivity index (χ1v) is 7.01. The Morgan fingerprint density at radius 3 is 2.58 bits per heavy atom. The Morgan fingerprint density at radius 1 is 1.00 bits per heavy atom. The van der Waals surface area contributed by atoms with Crippen LogP contribution in [0.25, 0.3) is 20.2 Å². The maximum atomic E-state index is 14.4. The molecule has 1 heterocycles. The van der Waals surface area contributed by atoms with Crippen LogP contribution in [0.4, 0.5) is 8.78 Å². The Morgan fingerprint density at radius 2 is 1.79 bits per heavy atom. The number of rotatable bonds is 2. The molecule has 2 aromatic carbocycles. The SMILES string of the molecule is Fc1cccc2c1sc1c(F)c(OC3CC3)ccc12. The minimum Gasteiger partial charge on any atom is -0.487 e. The lowest BCUT2D eigenvalue weighted by Crippen LogP contribution is -1.97. The molecular weight excluding hydrogens is 266 g/mol. The number of halogens is 2.